The Balaban J connectivity index is 2.17. The first kappa shape index (κ1) is 15.9. The Morgan fingerprint density at radius 1 is 1.24 bits per heavy atom. The molecule has 0 atom stereocenters. The number of rotatable bonds is 4. The SMILES string of the molecule is Cc1cc(S(N)(=O)=O)ccc1OCc1ccc(F)cc1Br. The molecule has 0 amide bonds. The van der Waals surface area contributed by atoms with E-state index in [1.54, 1.807) is 19.1 Å². The van der Waals surface area contributed by atoms with Crippen molar-refractivity contribution >= 4 is 26.0 Å². The first-order chi connectivity index (χ1) is 9.77. The summed E-state index contributed by atoms with van der Waals surface area (Å²) < 4.78 is 41.7. The van der Waals surface area contributed by atoms with Gasteiger partial charge < -0.3 is 4.74 Å². The van der Waals surface area contributed by atoms with Gasteiger partial charge >= 0.3 is 0 Å². The molecule has 0 spiro atoms. The van der Waals surface area contributed by atoms with Crippen LogP contribution >= 0.6 is 15.9 Å². The van der Waals surface area contributed by atoms with Crippen LogP contribution in [-0.4, -0.2) is 8.42 Å². The third kappa shape index (κ3) is 4.03. The highest BCUT2D eigenvalue weighted by Crippen LogP contribution is 2.24. The molecule has 0 radical (unpaired) electrons. The lowest BCUT2D eigenvalue weighted by Gasteiger charge is -2.11. The van der Waals surface area contributed by atoms with Gasteiger partial charge in [-0.25, -0.2) is 17.9 Å². The minimum absolute atomic E-state index is 0.0373. The highest BCUT2D eigenvalue weighted by atomic mass is 79.9. The van der Waals surface area contributed by atoms with E-state index in [-0.39, 0.29) is 17.3 Å². The molecule has 7 heteroatoms. The van der Waals surface area contributed by atoms with Gasteiger partial charge in [-0.1, -0.05) is 22.0 Å². The van der Waals surface area contributed by atoms with Gasteiger partial charge in [0.05, 0.1) is 4.90 Å². The molecule has 0 aliphatic carbocycles. The third-order valence-electron chi connectivity index (χ3n) is 2.87. The molecule has 0 fully saturated rings. The molecule has 0 aliphatic rings. The Bertz CT molecular complexity index is 778. The summed E-state index contributed by atoms with van der Waals surface area (Å²) in [5, 5.41) is 5.06. The summed E-state index contributed by atoms with van der Waals surface area (Å²) in [4.78, 5) is 0.0373. The van der Waals surface area contributed by atoms with Gasteiger partial charge in [-0.05, 0) is 42.8 Å². The van der Waals surface area contributed by atoms with Crippen LogP contribution < -0.4 is 9.88 Å². The van der Waals surface area contributed by atoms with Gasteiger partial charge in [0.25, 0.3) is 0 Å². The van der Waals surface area contributed by atoms with Crippen molar-refractivity contribution in [1.82, 2.24) is 0 Å². The van der Waals surface area contributed by atoms with Gasteiger partial charge in [-0.2, -0.15) is 0 Å². The molecule has 2 rings (SSSR count). The second-order valence-corrected chi connectivity index (χ2v) is 6.91. The van der Waals surface area contributed by atoms with Crippen LogP contribution in [0, 0.1) is 12.7 Å². The lowest BCUT2D eigenvalue weighted by Crippen LogP contribution is -2.12. The van der Waals surface area contributed by atoms with Crippen molar-refractivity contribution in [2.45, 2.75) is 18.4 Å². The van der Waals surface area contributed by atoms with Crippen LogP contribution in [0.4, 0.5) is 4.39 Å². The highest BCUT2D eigenvalue weighted by molar-refractivity contribution is 9.10. The maximum atomic E-state index is 13.0. The molecule has 0 aromatic heterocycles. The zero-order valence-corrected chi connectivity index (χ0v) is 13.5. The van der Waals surface area contributed by atoms with Gasteiger partial charge in [0, 0.05) is 10.0 Å². The zero-order chi connectivity index (χ0) is 15.6. The van der Waals surface area contributed by atoms with Crippen molar-refractivity contribution in [3.63, 3.8) is 0 Å². The lowest BCUT2D eigenvalue weighted by molar-refractivity contribution is 0.303. The number of benzene rings is 2. The number of halogens is 2. The monoisotopic (exact) mass is 373 g/mol. The first-order valence-corrected chi connectivity index (χ1v) is 8.31. The average Bonchev–Trinajstić information content (AvgIpc) is 2.38. The van der Waals surface area contributed by atoms with Crippen molar-refractivity contribution in [2.24, 2.45) is 5.14 Å². The van der Waals surface area contributed by atoms with E-state index >= 15 is 0 Å². The Morgan fingerprint density at radius 3 is 2.52 bits per heavy atom. The molecule has 0 saturated carbocycles. The van der Waals surface area contributed by atoms with Crippen molar-refractivity contribution in [2.75, 3.05) is 0 Å². The molecular formula is C14H13BrFNO3S. The minimum atomic E-state index is -3.73. The molecule has 0 bridgehead atoms. The van der Waals surface area contributed by atoms with E-state index in [9.17, 15) is 12.8 Å². The quantitative estimate of drug-likeness (QED) is 0.894. The fraction of sp³-hybridized carbons (Fsp3) is 0.143. The summed E-state index contributed by atoms with van der Waals surface area (Å²) in [6.07, 6.45) is 0. The molecule has 21 heavy (non-hydrogen) atoms. The van der Waals surface area contributed by atoms with Crippen LogP contribution in [0.25, 0.3) is 0 Å². The van der Waals surface area contributed by atoms with Crippen LogP contribution in [0.5, 0.6) is 5.75 Å². The number of primary sulfonamides is 1. The van der Waals surface area contributed by atoms with Crippen LogP contribution in [0.3, 0.4) is 0 Å². The predicted octanol–water partition coefficient (Wildman–Crippen LogP) is 3.12. The largest absolute Gasteiger partial charge is 0.489 e. The van der Waals surface area contributed by atoms with Gasteiger partial charge in [0.1, 0.15) is 18.2 Å². The summed E-state index contributed by atoms with van der Waals surface area (Å²) in [6, 6.07) is 8.71. The Hall–Kier alpha value is -1.44. The summed E-state index contributed by atoms with van der Waals surface area (Å²) in [5.41, 5.74) is 1.44. The highest BCUT2D eigenvalue weighted by Gasteiger charge is 2.10. The van der Waals surface area contributed by atoms with E-state index in [0.29, 0.717) is 15.8 Å². The fourth-order valence-corrected chi connectivity index (χ4v) is 2.82. The maximum absolute atomic E-state index is 13.0. The standard InChI is InChI=1S/C14H13BrFNO3S/c1-9-6-12(21(17,18)19)4-5-14(9)20-8-10-2-3-11(16)7-13(10)15/h2-7H,8H2,1H3,(H2,17,18,19). The van der Waals surface area contributed by atoms with E-state index in [1.807, 2.05) is 0 Å². The molecule has 0 aliphatic heterocycles. The topological polar surface area (TPSA) is 69.4 Å². The number of sulfonamides is 1. The van der Waals surface area contributed by atoms with Crippen LogP contribution in [0.15, 0.2) is 45.8 Å². The molecule has 2 N–H and O–H groups in total. The minimum Gasteiger partial charge on any atom is -0.489 e. The van der Waals surface area contributed by atoms with Gasteiger partial charge in [-0.15, -0.1) is 0 Å². The molecule has 2 aromatic carbocycles. The summed E-state index contributed by atoms with van der Waals surface area (Å²) in [5.74, 6) is 0.206. The normalized spacial score (nSPS) is 11.4. The van der Waals surface area contributed by atoms with Crippen LogP contribution in [0.2, 0.25) is 0 Å². The number of hydrogen-bond acceptors (Lipinski definition) is 3. The number of nitrogens with two attached hydrogens (primary N) is 1. The van der Waals surface area contributed by atoms with Crippen LogP contribution in [0.1, 0.15) is 11.1 Å². The molecule has 4 nitrogen and oxygen atoms in total. The van der Waals surface area contributed by atoms with Crippen molar-refractivity contribution in [3.05, 3.63) is 57.8 Å². The van der Waals surface area contributed by atoms with Crippen LogP contribution in [-0.2, 0) is 16.6 Å². The molecule has 2 aromatic rings. The zero-order valence-electron chi connectivity index (χ0n) is 11.1. The van der Waals surface area contributed by atoms with E-state index in [1.165, 1.54) is 24.3 Å². The average molecular weight is 374 g/mol. The molecule has 112 valence electrons. The Morgan fingerprint density at radius 2 is 1.95 bits per heavy atom. The third-order valence-corrected chi connectivity index (χ3v) is 4.52. The maximum Gasteiger partial charge on any atom is 0.238 e. The molecule has 0 saturated heterocycles. The number of ether oxygens (including phenoxy) is 1. The summed E-state index contributed by atoms with van der Waals surface area (Å²) >= 11 is 3.26. The van der Waals surface area contributed by atoms with E-state index < -0.39 is 10.0 Å². The number of hydrogen-bond donors (Lipinski definition) is 1. The van der Waals surface area contributed by atoms with E-state index in [2.05, 4.69) is 15.9 Å². The molecular weight excluding hydrogens is 361 g/mol. The van der Waals surface area contributed by atoms with Crippen molar-refractivity contribution < 1.29 is 17.5 Å². The Labute approximate surface area is 130 Å². The van der Waals surface area contributed by atoms with E-state index in [4.69, 9.17) is 9.88 Å². The fourth-order valence-electron chi connectivity index (χ4n) is 1.76. The second kappa shape index (κ2) is 6.13. The van der Waals surface area contributed by atoms with E-state index in [0.717, 1.165) is 5.56 Å². The summed E-state index contributed by atoms with van der Waals surface area (Å²) in [7, 11) is -3.73. The number of aryl methyl sites for hydroxylation is 1. The lowest BCUT2D eigenvalue weighted by atomic mass is 10.2. The second-order valence-electron chi connectivity index (χ2n) is 4.50. The summed E-state index contributed by atoms with van der Waals surface area (Å²) in [6.45, 7) is 1.96. The van der Waals surface area contributed by atoms with Crippen molar-refractivity contribution in [3.8, 4) is 5.75 Å². The molecule has 0 unspecified atom stereocenters. The first-order valence-electron chi connectivity index (χ1n) is 5.97. The van der Waals surface area contributed by atoms with Crippen molar-refractivity contribution in [1.29, 1.82) is 0 Å². The smallest absolute Gasteiger partial charge is 0.238 e. The van der Waals surface area contributed by atoms with Gasteiger partial charge in [0.15, 0.2) is 0 Å². The van der Waals surface area contributed by atoms with Gasteiger partial charge in [0.2, 0.25) is 10.0 Å². The van der Waals surface area contributed by atoms with Gasteiger partial charge in [-0.3, -0.25) is 0 Å². The molecule has 0 heterocycles. The Kier molecular flexibility index (Phi) is 4.65. The predicted molar refractivity (Wildman–Crippen MR) is 81.0 cm³/mol.